The van der Waals surface area contributed by atoms with Gasteiger partial charge in [-0.2, -0.15) is 0 Å². The standard InChI is InChI=1S/C15H12O/c16-15-13(9-11-5-1-2-6-11)10-12-7-3-4-8-14(12)15/h1-9,11H,10H2. The van der Waals surface area contributed by atoms with E-state index in [9.17, 15) is 4.79 Å². The Hall–Kier alpha value is -1.89. The summed E-state index contributed by atoms with van der Waals surface area (Å²) in [5, 5.41) is 0. The first kappa shape index (κ1) is 9.34. The van der Waals surface area contributed by atoms with Crippen LogP contribution in [-0.2, 0) is 6.42 Å². The van der Waals surface area contributed by atoms with Crippen LogP contribution in [0.4, 0.5) is 0 Å². The van der Waals surface area contributed by atoms with Gasteiger partial charge in [-0.3, -0.25) is 4.79 Å². The normalized spacial score (nSPS) is 21.0. The third kappa shape index (κ3) is 1.45. The van der Waals surface area contributed by atoms with E-state index in [1.54, 1.807) is 0 Å². The molecule has 1 aromatic rings. The van der Waals surface area contributed by atoms with Crippen LogP contribution in [0.15, 0.2) is 60.2 Å². The largest absolute Gasteiger partial charge is 0.289 e. The van der Waals surface area contributed by atoms with Crippen molar-refractivity contribution in [3.8, 4) is 0 Å². The zero-order chi connectivity index (χ0) is 11.0. The van der Waals surface area contributed by atoms with E-state index in [1.165, 1.54) is 0 Å². The summed E-state index contributed by atoms with van der Waals surface area (Å²) in [5.41, 5.74) is 2.96. The third-order valence-corrected chi connectivity index (χ3v) is 3.11. The molecule has 0 aliphatic heterocycles. The molecule has 16 heavy (non-hydrogen) atoms. The highest BCUT2D eigenvalue weighted by atomic mass is 16.1. The maximum atomic E-state index is 12.1. The van der Waals surface area contributed by atoms with Crippen LogP contribution in [-0.4, -0.2) is 5.78 Å². The molecule has 2 aliphatic rings. The van der Waals surface area contributed by atoms with Gasteiger partial charge in [-0.1, -0.05) is 54.6 Å². The van der Waals surface area contributed by atoms with Crippen molar-refractivity contribution in [2.24, 2.45) is 5.92 Å². The lowest BCUT2D eigenvalue weighted by Gasteiger charge is -1.99. The van der Waals surface area contributed by atoms with E-state index >= 15 is 0 Å². The van der Waals surface area contributed by atoms with Crippen LogP contribution in [0.2, 0.25) is 0 Å². The maximum Gasteiger partial charge on any atom is 0.189 e. The number of allylic oxidation sites excluding steroid dienone is 6. The second-order valence-corrected chi connectivity index (χ2v) is 4.20. The number of hydrogen-bond donors (Lipinski definition) is 0. The summed E-state index contributed by atoms with van der Waals surface area (Å²) >= 11 is 0. The monoisotopic (exact) mass is 208 g/mol. The molecule has 0 saturated heterocycles. The van der Waals surface area contributed by atoms with E-state index in [4.69, 9.17) is 0 Å². The average Bonchev–Trinajstić information content (AvgIpc) is 2.90. The first-order chi connectivity index (χ1) is 7.84. The number of carbonyl (C=O) groups is 1. The highest BCUT2D eigenvalue weighted by Gasteiger charge is 2.24. The Morgan fingerprint density at radius 1 is 1.12 bits per heavy atom. The van der Waals surface area contributed by atoms with E-state index < -0.39 is 0 Å². The number of benzene rings is 1. The van der Waals surface area contributed by atoms with Crippen LogP contribution in [0, 0.1) is 5.92 Å². The summed E-state index contributed by atoms with van der Waals surface area (Å²) in [5.74, 6) is 0.498. The van der Waals surface area contributed by atoms with Gasteiger partial charge < -0.3 is 0 Å². The fraction of sp³-hybridized carbons (Fsp3) is 0.133. The quantitative estimate of drug-likeness (QED) is 0.648. The summed E-state index contributed by atoms with van der Waals surface area (Å²) < 4.78 is 0. The molecular weight excluding hydrogens is 196 g/mol. The van der Waals surface area contributed by atoms with Crippen molar-refractivity contribution < 1.29 is 4.79 Å². The van der Waals surface area contributed by atoms with Gasteiger partial charge >= 0.3 is 0 Å². The SMILES string of the molecule is O=C1C(=CC2C=CC=C2)Cc2ccccc21. The first-order valence-corrected chi connectivity index (χ1v) is 5.53. The van der Waals surface area contributed by atoms with Crippen LogP contribution in [0.5, 0.6) is 0 Å². The molecule has 1 nitrogen and oxygen atoms in total. The highest BCUT2D eigenvalue weighted by Crippen LogP contribution is 2.27. The zero-order valence-electron chi connectivity index (χ0n) is 8.89. The fourth-order valence-corrected chi connectivity index (χ4v) is 2.28. The molecule has 1 aromatic carbocycles. The van der Waals surface area contributed by atoms with Crippen LogP contribution in [0.25, 0.3) is 0 Å². The van der Waals surface area contributed by atoms with Crippen molar-refractivity contribution in [1.29, 1.82) is 0 Å². The van der Waals surface area contributed by atoms with Crippen LogP contribution in [0.3, 0.4) is 0 Å². The van der Waals surface area contributed by atoms with Gasteiger partial charge in [0.2, 0.25) is 0 Å². The van der Waals surface area contributed by atoms with Gasteiger partial charge in [0.25, 0.3) is 0 Å². The van der Waals surface area contributed by atoms with Gasteiger partial charge in [-0.15, -0.1) is 0 Å². The van der Waals surface area contributed by atoms with Crippen molar-refractivity contribution >= 4 is 5.78 Å². The van der Waals surface area contributed by atoms with Gasteiger partial charge in [0.1, 0.15) is 0 Å². The maximum absolute atomic E-state index is 12.1. The number of rotatable bonds is 1. The molecule has 0 radical (unpaired) electrons. The first-order valence-electron chi connectivity index (χ1n) is 5.53. The Labute approximate surface area is 94.8 Å². The Kier molecular flexibility index (Phi) is 2.10. The molecule has 3 rings (SSSR count). The van der Waals surface area contributed by atoms with Crippen LogP contribution < -0.4 is 0 Å². The number of Topliss-reactive ketones (excluding diaryl/α,β-unsaturated/α-hetero) is 1. The molecule has 0 saturated carbocycles. The lowest BCUT2D eigenvalue weighted by molar-refractivity contribution is 0.103. The smallest absolute Gasteiger partial charge is 0.189 e. The third-order valence-electron chi connectivity index (χ3n) is 3.11. The molecule has 0 atom stereocenters. The van der Waals surface area contributed by atoms with E-state index in [0.717, 1.165) is 23.1 Å². The molecule has 2 aliphatic carbocycles. The van der Waals surface area contributed by atoms with Gasteiger partial charge in [0.15, 0.2) is 5.78 Å². The van der Waals surface area contributed by atoms with E-state index in [2.05, 4.69) is 18.2 Å². The minimum Gasteiger partial charge on any atom is -0.289 e. The van der Waals surface area contributed by atoms with Crippen molar-refractivity contribution in [2.75, 3.05) is 0 Å². The number of hydrogen-bond acceptors (Lipinski definition) is 1. The van der Waals surface area contributed by atoms with Gasteiger partial charge in [-0.05, 0) is 5.56 Å². The predicted molar refractivity (Wildman–Crippen MR) is 64.3 cm³/mol. The minimum atomic E-state index is 0.198. The molecule has 0 amide bonds. The second-order valence-electron chi connectivity index (χ2n) is 4.20. The molecule has 78 valence electrons. The van der Waals surface area contributed by atoms with E-state index in [0.29, 0.717) is 5.92 Å². The summed E-state index contributed by atoms with van der Waals surface area (Å²) in [6.07, 6.45) is 11.1. The van der Waals surface area contributed by atoms with E-state index in [-0.39, 0.29) is 5.78 Å². The minimum absolute atomic E-state index is 0.198. The van der Waals surface area contributed by atoms with Crippen molar-refractivity contribution in [3.63, 3.8) is 0 Å². The molecule has 0 bridgehead atoms. The molecule has 0 spiro atoms. The number of fused-ring (bicyclic) bond motifs is 1. The van der Waals surface area contributed by atoms with Crippen molar-refractivity contribution in [3.05, 3.63) is 71.3 Å². The molecule has 0 aromatic heterocycles. The van der Waals surface area contributed by atoms with Gasteiger partial charge in [0.05, 0.1) is 0 Å². The number of ketones is 1. The summed E-state index contributed by atoms with van der Waals surface area (Å²) in [7, 11) is 0. The van der Waals surface area contributed by atoms with Gasteiger partial charge in [-0.25, -0.2) is 0 Å². The summed E-state index contributed by atoms with van der Waals surface area (Å²) in [6.45, 7) is 0. The Balaban J connectivity index is 1.95. The Bertz CT molecular complexity index is 520. The lowest BCUT2D eigenvalue weighted by Crippen LogP contribution is -1.97. The molecule has 1 heteroatoms. The highest BCUT2D eigenvalue weighted by molar-refractivity contribution is 6.13. The molecule has 0 fully saturated rings. The fourth-order valence-electron chi connectivity index (χ4n) is 2.28. The predicted octanol–water partition coefficient (Wildman–Crippen LogP) is 3.09. The Morgan fingerprint density at radius 3 is 2.62 bits per heavy atom. The Morgan fingerprint density at radius 2 is 1.88 bits per heavy atom. The van der Waals surface area contributed by atoms with Crippen molar-refractivity contribution in [1.82, 2.24) is 0 Å². The van der Waals surface area contributed by atoms with Crippen LogP contribution >= 0.6 is 0 Å². The van der Waals surface area contributed by atoms with Crippen molar-refractivity contribution in [2.45, 2.75) is 6.42 Å². The van der Waals surface area contributed by atoms with E-state index in [1.807, 2.05) is 36.4 Å². The summed E-state index contributed by atoms with van der Waals surface area (Å²) in [4.78, 5) is 12.1. The molecular formula is C15H12O. The summed E-state index contributed by atoms with van der Waals surface area (Å²) in [6, 6.07) is 7.87. The topological polar surface area (TPSA) is 17.1 Å². The molecule has 0 N–H and O–H groups in total. The molecule has 0 heterocycles. The number of carbonyl (C=O) groups excluding carboxylic acids is 1. The second kappa shape index (κ2) is 3.60. The average molecular weight is 208 g/mol. The lowest BCUT2D eigenvalue weighted by atomic mass is 10.0. The molecule has 0 unspecified atom stereocenters. The van der Waals surface area contributed by atoms with Crippen LogP contribution in [0.1, 0.15) is 15.9 Å². The zero-order valence-corrected chi connectivity index (χ0v) is 8.89. The van der Waals surface area contributed by atoms with Gasteiger partial charge in [0, 0.05) is 23.5 Å².